The van der Waals surface area contributed by atoms with Gasteiger partial charge in [0.25, 0.3) is 0 Å². The first-order valence-corrected chi connectivity index (χ1v) is 6.11. The van der Waals surface area contributed by atoms with E-state index in [4.69, 9.17) is 0 Å². The molecule has 1 aromatic rings. The van der Waals surface area contributed by atoms with Crippen LogP contribution in [-0.2, 0) is 0 Å². The van der Waals surface area contributed by atoms with Gasteiger partial charge in [-0.25, -0.2) is 0 Å². The molecule has 18 heavy (non-hydrogen) atoms. The zero-order chi connectivity index (χ0) is 13.5. The van der Waals surface area contributed by atoms with Crippen LogP contribution in [0.4, 0.5) is 0 Å². The van der Waals surface area contributed by atoms with Crippen LogP contribution in [0.3, 0.4) is 0 Å². The van der Waals surface area contributed by atoms with Crippen molar-refractivity contribution in [2.24, 2.45) is 4.99 Å². The SMILES string of the molecule is C=C(/C=C\c1ccc(C)cc1C)C(/C=N\C)=C/C. The second kappa shape index (κ2) is 6.75. The maximum absolute atomic E-state index is 4.06. The van der Waals surface area contributed by atoms with Gasteiger partial charge in [0.2, 0.25) is 0 Å². The van der Waals surface area contributed by atoms with Crippen LogP contribution in [0.2, 0.25) is 0 Å². The highest BCUT2D eigenvalue weighted by Gasteiger charge is 1.97. The summed E-state index contributed by atoms with van der Waals surface area (Å²) < 4.78 is 0. The van der Waals surface area contributed by atoms with Gasteiger partial charge in [-0.1, -0.05) is 48.6 Å². The lowest BCUT2D eigenvalue weighted by Gasteiger charge is -2.03. The van der Waals surface area contributed by atoms with E-state index in [2.05, 4.69) is 49.7 Å². The fourth-order valence-electron chi connectivity index (χ4n) is 1.78. The van der Waals surface area contributed by atoms with E-state index in [0.717, 1.165) is 11.1 Å². The van der Waals surface area contributed by atoms with Crippen LogP contribution in [0.5, 0.6) is 0 Å². The van der Waals surface area contributed by atoms with Gasteiger partial charge < -0.3 is 0 Å². The molecular weight excluding hydrogens is 218 g/mol. The molecule has 0 saturated carbocycles. The van der Waals surface area contributed by atoms with Crippen molar-refractivity contribution >= 4 is 12.3 Å². The van der Waals surface area contributed by atoms with Crippen LogP contribution in [0, 0.1) is 13.8 Å². The van der Waals surface area contributed by atoms with Gasteiger partial charge >= 0.3 is 0 Å². The number of hydrogen-bond acceptors (Lipinski definition) is 1. The van der Waals surface area contributed by atoms with Crippen molar-refractivity contribution in [1.82, 2.24) is 0 Å². The van der Waals surface area contributed by atoms with Crippen molar-refractivity contribution in [3.63, 3.8) is 0 Å². The Kier molecular flexibility index (Phi) is 5.31. The number of hydrogen-bond donors (Lipinski definition) is 0. The van der Waals surface area contributed by atoms with E-state index in [1.54, 1.807) is 7.05 Å². The molecule has 0 aliphatic carbocycles. The number of aryl methyl sites for hydroxylation is 2. The van der Waals surface area contributed by atoms with Gasteiger partial charge in [0, 0.05) is 13.3 Å². The highest BCUT2D eigenvalue weighted by Crippen LogP contribution is 2.15. The molecule has 94 valence electrons. The summed E-state index contributed by atoms with van der Waals surface area (Å²) in [5, 5.41) is 0. The van der Waals surface area contributed by atoms with E-state index < -0.39 is 0 Å². The zero-order valence-corrected chi connectivity index (χ0v) is 11.7. The maximum Gasteiger partial charge on any atom is 0.0283 e. The smallest absolute Gasteiger partial charge is 0.0283 e. The van der Waals surface area contributed by atoms with E-state index in [-0.39, 0.29) is 0 Å². The van der Waals surface area contributed by atoms with Gasteiger partial charge in [0.05, 0.1) is 0 Å². The molecule has 0 unspecified atom stereocenters. The van der Waals surface area contributed by atoms with E-state index in [9.17, 15) is 0 Å². The van der Waals surface area contributed by atoms with Crippen molar-refractivity contribution in [2.45, 2.75) is 20.8 Å². The average molecular weight is 239 g/mol. The molecule has 0 radical (unpaired) electrons. The molecule has 0 aromatic heterocycles. The molecule has 0 heterocycles. The van der Waals surface area contributed by atoms with Crippen LogP contribution in [0.1, 0.15) is 23.6 Å². The largest absolute Gasteiger partial charge is 0.296 e. The maximum atomic E-state index is 4.06. The van der Waals surface area contributed by atoms with E-state index in [0.29, 0.717) is 0 Å². The Bertz CT molecular complexity index is 516. The summed E-state index contributed by atoms with van der Waals surface area (Å²) in [6.07, 6.45) is 7.98. The number of allylic oxidation sites excluding steroid dienone is 4. The summed E-state index contributed by atoms with van der Waals surface area (Å²) in [6.45, 7) is 10.3. The molecule has 0 saturated heterocycles. The Hall–Kier alpha value is -1.89. The van der Waals surface area contributed by atoms with Gasteiger partial charge in [0.15, 0.2) is 0 Å². The normalized spacial score (nSPS) is 12.6. The Morgan fingerprint density at radius 3 is 2.56 bits per heavy atom. The van der Waals surface area contributed by atoms with Crippen LogP contribution in [0.25, 0.3) is 6.08 Å². The topological polar surface area (TPSA) is 12.4 Å². The summed E-state index contributed by atoms with van der Waals surface area (Å²) >= 11 is 0. The van der Waals surface area contributed by atoms with Crippen LogP contribution < -0.4 is 0 Å². The quantitative estimate of drug-likeness (QED) is 0.541. The molecule has 1 nitrogen and oxygen atoms in total. The van der Waals surface area contributed by atoms with Crippen molar-refractivity contribution in [3.8, 4) is 0 Å². The van der Waals surface area contributed by atoms with E-state index in [1.165, 1.54) is 16.7 Å². The Morgan fingerprint density at radius 2 is 2.00 bits per heavy atom. The summed E-state index contributed by atoms with van der Waals surface area (Å²) in [5.41, 5.74) is 5.83. The lowest BCUT2D eigenvalue weighted by atomic mass is 10.0. The minimum Gasteiger partial charge on any atom is -0.296 e. The predicted octanol–water partition coefficient (Wildman–Crippen LogP) is 4.52. The van der Waals surface area contributed by atoms with E-state index in [1.807, 2.05) is 25.3 Å². The third-order valence-electron chi connectivity index (χ3n) is 2.84. The number of nitrogens with zero attached hydrogens (tertiary/aromatic N) is 1. The minimum atomic E-state index is 0.975. The number of rotatable bonds is 4. The Balaban J connectivity index is 2.90. The van der Waals surface area contributed by atoms with Crippen LogP contribution in [-0.4, -0.2) is 13.3 Å². The van der Waals surface area contributed by atoms with E-state index >= 15 is 0 Å². The number of aliphatic imine (C=N–C) groups is 1. The van der Waals surface area contributed by atoms with Gasteiger partial charge in [-0.2, -0.15) is 0 Å². The molecule has 0 aliphatic heterocycles. The van der Waals surface area contributed by atoms with Crippen molar-refractivity contribution in [1.29, 1.82) is 0 Å². The van der Waals surface area contributed by atoms with Crippen molar-refractivity contribution in [2.75, 3.05) is 7.05 Å². The highest BCUT2D eigenvalue weighted by molar-refractivity contribution is 5.86. The summed E-state index contributed by atoms with van der Waals surface area (Å²) in [5.74, 6) is 0. The molecule has 0 spiro atoms. The summed E-state index contributed by atoms with van der Waals surface area (Å²) in [6, 6.07) is 6.45. The second-order valence-corrected chi connectivity index (χ2v) is 4.35. The molecule has 0 N–H and O–H groups in total. The van der Waals surface area contributed by atoms with Crippen LogP contribution in [0.15, 0.2) is 53.1 Å². The molecule has 0 aliphatic rings. The molecule has 1 rings (SSSR count). The molecule has 1 aromatic carbocycles. The van der Waals surface area contributed by atoms with Gasteiger partial charge in [-0.05, 0) is 43.0 Å². The predicted molar refractivity (Wildman–Crippen MR) is 82.3 cm³/mol. The Morgan fingerprint density at radius 1 is 1.28 bits per heavy atom. The Labute approximate surface area is 110 Å². The first-order valence-electron chi connectivity index (χ1n) is 6.11. The molecule has 1 heteroatoms. The molecule has 0 bridgehead atoms. The second-order valence-electron chi connectivity index (χ2n) is 4.35. The molecular formula is C17H21N. The van der Waals surface area contributed by atoms with Crippen molar-refractivity contribution in [3.05, 3.63) is 64.8 Å². The zero-order valence-electron chi connectivity index (χ0n) is 11.7. The summed E-state index contributed by atoms with van der Waals surface area (Å²) in [4.78, 5) is 4.02. The standard InChI is InChI=1S/C17H21N/c1-6-16(12-18-5)14(3)8-10-17-9-7-13(2)11-15(17)4/h6-12H,3H2,1-2,4-5H3/b10-8-,16-6+,18-12-. The van der Waals surface area contributed by atoms with Crippen LogP contribution >= 0.6 is 0 Å². The van der Waals surface area contributed by atoms with Gasteiger partial charge in [0.1, 0.15) is 0 Å². The van der Waals surface area contributed by atoms with Gasteiger partial charge in [-0.15, -0.1) is 0 Å². The lowest BCUT2D eigenvalue weighted by Crippen LogP contribution is -1.87. The van der Waals surface area contributed by atoms with Gasteiger partial charge in [-0.3, -0.25) is 4.99 Å². The summed E-state index contributed by atoms with van der Waals surface area (Å²) in [7, 11) is 1.77. The molecule has 0 amide bonds. The molecule has 0 fully saturated rings. The fourth-order valence-corrected chi connectivity index (χ4v) is 1.78. The molecule has 0 atom stereocenters. The first kappa shape index (κ1) is 14.2. The monoisotopic (exact) mass is 239 g/mol. The highest BCUT2D eigenvalue weighted by atomic mass is 14.6. The van der Waals surface area contributed by atoms with Crippen molar-refractivity contribution < 1.29 is 0 Å². The third-order valence-corrected chi connectivity index (χ3v) is 2.84. The average Bonchev–Trinajstić information content (AvgIpc) is 2.34. The lowest BCUT2D eigenvalue weighted by molar-refractivity contribution is 1.37. The fraction of sp³-hybridized carbons (Fsp3) is 0.235. The first-order chi connectivity index (χ1) is 8.58. The number of benzene rings is 1. The third kappa shape index (κ3) is 3.85. The minimum absolute atomic E-state index is 0.975.